The van der Waals surface area contributed by atoms with Crippen molar-refractivity contribution in [3.63, 3.8) is 0 Å². The first-order chi connectivity index (χ1) is 14.7. The number of nitrogens with one attached hydrogen (secondary N) is 1. The summed E-state index contributed by atoms with van der Waals surface area (Å²) in [4.78, 5) is 35.7. The van der Waals surface area contributed by atoms with Crippen LogP contribution in [0.2, 0.25) is 0 Å². The maximum atomic E-state index is 12.5. The molecule has 31 heavy (non-hydrogen) atoms. The first-order valence-electron chi connectivity index (χ1n) is 9.00. The number of aromatic hydroxyl groups is 1. The molecule has 0 unspecified atom stereocenters. The Kier molecular flexibility index (Phi) is 9.22. The van der Waals surface area contributed by atoms with Crippen LogP contribution in [0.4, 0.5) is 4.79 Å². The number of rotatable bonds is 8. The molecule has 0 aromatic heterocycles. The van der Waals surface area contributed by atoms with Crippen molar-refractivity contribution in [2.24, 2.45) is 0 Å². The number of amides is 2. The zero-order chi connectivity index (χ0) is 23.0. The van der Waals surface area contributed by atoms with Gasteiger partial charge in [-0.05, 0) is 53.2 Å². The van der Waals surface area contributed by atoms with Gasteiger partial charge in [-0.3, -0.25) is 10.1 Å². The highest BCUT2D eigenvalue weighted by atomic mass is 79.9. The van der Waals surface area contributed by atoms with Crippen LogP contribution in [0.1, 0.15) is 28.9 Å². The minimum atomic E-state index is -1.27. The smallest absolute Gasteiger partial charge is 0.414 e. The third-order valence-corrected chi connectivity index (χ3v) is 5.00. The molecule has 0 fully saturated rings. The summed E-state index contributed by atoms with van der Waals surface area (Å²) in [6.07, 6.45) is -1.40. The summed E-state index contributed by atoms with van der Waals surface area (Å²) >= 11 is 6.51. The van der Waals surface area contributed by atoms with Gasteiger partial charge in [0, 0.05) is 28.3 Å². The number of halogens is 2. The summed E-state index contributed by atoms with van der Waals surface area (Å²) < 4.78 is 11.8. The lowest BCUT2D eigenvalue weighted by atomic mass is 10.0. The topological polar surface area (TPSA) is 122 Å². The highest BCUT2D eigenvalue weighted by molar-refractivity contribution is 9.11. The first kappa shape index (κ1) is 24.6. The number of carbonyl (C=O) groups excluding carboxylic acids is 2. The molecular formula is C21H19Br2NO7. The number of imide groups is 1. The number of hydrogen-bond acceptors (Lipinski definition) is 6. The molecule has 0 spiro atoms. The lowest BCUT2D eigenvalue weighted by Crippen LogP contribution is -2.35. The van der Waals surface area contributed by atoms with E-state index in [2.05, 4.69) is 37.2 Å². The molecule has 2 aromatic rings. The number of alkyl carbamates (subject to hydrolysis) is 1. The lowest BCUT2D eigenvalue weighted by molar-refractivity contribution is -0.131. The molecule has 2 aromatic carbocycles. The molecule has 2 rings (SSSR count). The average molecular weight is 557 g/mol. The molecule has 0 radical (unpaired) electrons. The van der Waals surface area contributed by atoms with Gasteiger partial charge in [-0.1, -0.05) is 34.1 Å². The standard InChI is InChI=1S/C21H19Br2NO7/c1-2-30-16(8-9-17(25)26)19(14-10-13(22)11-15(23)18(14)27)31-21(29)24-20(28)12-6-4-3-5-7-12/h3-11,16,19,27H,2H2,1H3,(H,25,26)(H,24,28,29)/b9-8+/t16-,19-/m1/s1. The van der Waals surface area contributed by atoms with Gasteiger partial charge < -0.3 is 19.7 Å². The predicted molar refractivity (Wildman–Crippen MR) is 119 cm³/mol. The number of ether oxygens (including phenoxy) is 2. The fourth-order valence-corrected chi connectivity index (χ4v) is 3.88. The SMILES string of the molecule is CCO[C@H](/C=C/C(=O)O)[C@H](OC(=O)NC(=O)c1ccccc1)c1cc(Br)cc(Br)c1O. The molecule has 3 N–H and O–H groups in total. The summed E-state index contributed by atoms with van der Waals surface area (Å²) in [7, 11) is 0. The van der Waals surface area contributed by atoms with E-state index in [9.17, 15) is 19.5 Å². The van der Waals surface area contributed by atoms with Crippen molar-refractivity contribution in [3.05, 3.63) is 74.7 Å². The molecule has 0 heterocycles. The Labute approximate surface area is 195 Å². The van der Waals surface area contributed by atoms with Crippen molar-refractivity contribution >= 4 is 49.8 Å². The fourth-order valence-electron chi connectivity index (χ4n) is 2.62. The fraction of sp³-hybridized carbons (Fsp3) is 0.190. The van der Waals surface area contributed by atoms with Gasteiger partial charge in [0.05, 0.1) is 4.47 Å². The summed E-state index contributed by atoms with van der Waals surface area (Å²) in [6, 6.07) is 11.1. The van der Waals surface area contributed by atoms with Crippen molar-refractivity contribution in [2.75, 3.05) is 6.61 Å². The normalized spacial score (nSPS) is 12.9. The van der Waals surface area contributed by atoms with E-state index >= 15 is 0 Å². The largest absolute Gasteiger partial charge is 0.506 e. The number of phenolic OH excluding ortho intramolecular Hbond substituents is 1. The second kappa shape index (κ2) is 11.6. The second-order valence-corrected chi connectivity index (χ2v) is 7.86. The second-order valence-electron chi connectivity index (χ2n) is 6.09. The van der Waals surface area contributed by atoms with E-state index in [4.69, 9.17) is 14.6 Å². The van der Waals surface area contributed by atoms with Crippen molar-refractivity contribution in [3.8, 4) is 5.75 Å². The summed E-state index contributed by atoms with van der Waals surface area (Å²) in [5, 5.41) is 21.6. The minimum absolute atomic E-state index is 0.136. The number of carbonyl (C=O) groups is 3. The Morgan fingerprint density at radius 1 is 1.16 bits per heavy atom. The van der Waals surface area contributed by atoms with Crippen LogP contribution >= 0.6 is 31.9 Å². The van der Waals surface area contributed by atoms with Crippen LogP contribution in [0.15, 0.2) is 63.6 Å². The van der Waals surface area contributed by atoms with Gasteiger partial charge in [0.2, 0.25) is 0 Å². The van der Waals surface area contributed by atoms with Crippen LogP contribution < -0.4 is 5.32 Å². The quantitative estimate of drug-likeness (QED) is 0.407. The predicted octanol–water partition coefficient (Wildman–Crippen LogP) is 4.57. The average Bonchev–Trinajstić information content (AvgIpc) is 2.72. The van der Waals surface area contributed by atoms with Crippen LogP contribution in [-0.4, -0.2) is 40.9 Å². The van der Waals surface area contributed by atoms with Gasteiger partial charge >= 0.3 is 12.1 Å². The summed E-state index contributed by atoms with van der Waals surface area (Å²) in [5.41, 5.74) is 0.383. The molecule has 8 nitrogen and oxygen atoms in total. The Hall–Kier alpha value is -2.69. The van der Waals surface area contributed by atoms with Gasteiger partial charge in [-0.25, -0.2) is 9.59 Å². The summed E-state index contributed by atoms with van der Waals surface area (Å²) in [5.74, 6) is -2.14. The maximum absolute atomic E-state index is 12.5. The number of phenols is 1. The van der Waals surface area contributed by atoms with Gasteiger partial charge in [0.1, 0.15) is 11.9 Å². The molecule has 0 saturated heterocycles. The Balaban J connectivity index is 2.38. The van der Waals surface area contributed by atoms with Crippen molar-refractivity contribution in [1.29, 1.82) is 0 Å². The van der Waals surface area contributed by atoms with E-state index < -0.39 is 30.2 Å². The van der Waals surface area contributed by atoms with Crippen molar-refractivity contribution in [1.82, 2.24) is 5.32 Å². The molecule has 2 amide bonds. The van der Waals surface area contributed by atoms with Crippen LogP contribution in [-0.2, 0) is 14.3 Å². The maximum Gasteiger partial charge on any atom is 0.414 e. The number of carboxylic acid groups (broad SMARTS) is 1. The minimum Gasteiger partial charge on any atom is -0.506 e. The zero-order valence-corrected chi connectivity index (χ0v) is 19.4. The van der Waals surface area contributed by atoms with E-state index in [0.29, 0.717) is 8.95 Å². The van der Waals surface area contributed by atoms with Crippen LogP contribution in [0.25, 0.3) is 0 Å². The molecule has 0 aliphatic rings. The Morgan fingerprint density at radius 3 is 2.45 bits per heavy atom. The zero-order valence-electron chi connectivity index (χ0n) is 16.2. The highest BCUT2D eigenvalue weighted by Crippen LogP contribution is 2.39. The van der Waals surface area contributed by atoms with Crippen molar-refractivity contribution < 1.29 is 34.1 Å². The number of carboxylic acids is 1. The van der Waals surface area contributed by atoms with Crippen LogP contribution in [0, 0.1) is 0 Å². The third kappa shape index (κ3) is 7.20. The van der Waals surface area contributed by atoms with Gasteiger partial charge in [-0.15, -0.1) is 0 Å². The third-order valence-electron chi connectivity index (χ3n) is 3.94. The Morgan fingerprint density at radius 2 is 1.84 bits per heavy atom. The molecule has 0 bridgehead atoms. The summed E-state index contributed by atoms with van der Waals surface area (Å²) in [6.45, 7) is 1.84. The van der Waals surface area contributed by atoms with E-state index in [1.165, 1.54) is 24.3 Å². The highest BCUT2D eigenvalue weighted by Gasteiger charge is 2.30. The molecule has 0 aliphatic heterocycles. The number of benzene rings is 2. The van der Waals surface area contributed by atoms with Crippen molar-refractivity contribution in [2.45, 2.75) is 19.1 Å². The molecular weight excluding hydrogens is 538 g/mol. The molecule has 0 saturated carbocycles. The lowest BCUT2D eigenvalue weighted by Gasteiger charge is -2.26. The van der Waals surface area contributed by atoms with E-state index in [1.54, 1.807) is 31.2 Å². The monoisotopic (exact) mass is 555 g/mol. The first-order valence-corrected chi connectivity index (χ1v) is 10.6. The molecule has 2 atom stereocenters. The molecule has 0 aliphatic carbocycles. The van der Waals surface area contributed by atoms with E-state index in [0.717, 1.165) is 6.08 Å². The Bertz CT molecular complexity index is 979. The number of aliphatic carboxylic acids is 1. The van der Waals surface area contributed by atoms with Crippen LogP contribution in [0.3, 0.4) is 0 Å². The molecule has 10 heteroatoms. The van der Waals surface area contributed by atoms with Gasteiger partial charge in [0.15, 0.2) is 6.10 Å². The van der Waals surface area contributed by atoms with Crippen LogP contribution in [0.5, 0.6) is 5.75 Å². The molecule has 164 valence electrons. The van der Waals surface area contributed by atoms with E-state index in [1.807, 2.05) is 0 Å². The van der Waals surface area contributed by atoms with Gasteiger partial charge in [-0.2, -0.15) is 0 Å². The van der Waals surface area contributed by atoms with Gasteiger partial charge in [0.25, 0.3) is 5.91 Å². The van der Waals surface area contributed by atoms with E-state index in [-0.39, 0.29) is 23.5 Å². The number of hydrogen-bond donors (Lipinski definition) is 3.